The van der Waals surface area contributed by atoms with E-state index < -0.39 is 17.6 Å². The highest BCUT2D eigenvalue weighted by Gasteiger charge is 2.34. The van der Waals surface area contributed by atoms with E-state index in [0.717, 1.165) is 23.5 Å². The van der Waals surface area contributed by atoms with Crippen molar-refractivity contribution in [2.45, 2.75) is 25.1 Å². The van der Waals surface area contributed by atoms with Gasteiger partial charge in [-0.25, -0.2) is 14.3 Å². The predicted octanol–water partition coefficient (Wildman–Crippen LogP) is 3.99. The van der Waals surface area contributed by atoms with Crippen molar-refractivity contribution >= 4 is 22.6 Å². The highest BCUT2D eigenvalue weighted by Crippen LogP contribution is 2.34. The minimum absolute atomic E-state index is 0.0166. The van der Waals surface area contributed by atoms with Crippen LogP contribution >= 0.6 is 11.6 Å². The first-order valence-corrected chi connectivity index (χ1v) is 8.15. The van der Waals surface area contributed by atoms with Crippen LogP contribution in [0.1, 0.15) is 18.5 Å². The molecular weight excluding hydrogens is 371 g/mol. The monoisotopic (exact) mass is 381 g/mol. The third-order valence-electron chi connectivity index (χ3n) is 3.89. The molecule has 26 heavy (non-hydrogen) atoms. The Hall–Kier alpha value is -2.61. The average molecular weight is 382 g/mol. The van der Waals surface area contributed by atoms with E-state index in [1.165, 1.54) is 18.2 Å². The van der Waals surface area contributed by atoms with Crippen molar-refractivity contribution in [3.63, 3.8) is 0 Å². The molecule has 0 radical (unpaired) electrons. The number of aromatic nitrogens is 3. The van der Waals surface area contributed by atoms with E-state index in [2.05, 4.69) is 9.97 Å². The smallest absolute Gasteiger partial charge is 0.433 e. The predicted molar refractivity (Wildman–Crippen MR) is 88.8 cm³/mol. The van der Waals surface area contributed by atoms with Crippen LogP contribution in [0.4, 0.5) is 13.2 Å². The number of fused-ring (bicyclic) bond motifs is 1. The Balaban J connectivity index is 2.05. The summed E-state index contributed by atoms with van der Waals surface area (Å²) in [5.41, 5.74) is -1.94. The summed E-state index contributed by atoms with van der Waals surface area (Å²) in [5.74, 6) is -0.0166. The van der Waals surface area contributed by atoms with Crippen molar-refractivity contribution in [1.29, 1.82) is 0 Å². The Morgan fingerprint density at radius 1 is 1.12 bits per heavy atom. The Kier molecular flexibility index (Phi) is 3.87. The van der Waals surface area contributed by atoms with Gasteiger partial charge < -0.3 is 4.74 Å². The molecule has 0 N–H and O–H groups in total. The van der Waals surface area contributed by atoms with Gasteiger partial charge in [0.15, 0.2) is 5.65 Å². The molecule has 2 heterocycles. The van der Waals surface area contributed by atoms with Gasteiger partial charge in [0.2, 0.25) is 5.88 Å². The topological polar surface area (TPSA) is 57.0 Å². The molecule has 1 aliphatic rings. The van der Waals surface area contributed by atoms with E-state index in [9.17, 15) is 18.0 Å². The molecule has 9 heteroatoms. The molecule has 0 spiro atoms. The van der Waals surface area contributed by atoms with E-state index in [0.29, 0.717) is 0 Å². The van der Waals surface area contributed by atoms with Crippen LogP contribution in [0, 0.1) is 0 Å². The largest absolute Gasteiger partial charge is 0.474 e. The molecule has 1 aliphatic carbocycles. The van der Waals surface area contributed by atoms with Crippen LogP contribution < -0.4 is 10.4 Å². The van der Waals surface area contributed by atoms with Crippen molar-refractivity contribution in [3.05, 3.63) is 57.6 Å². The second kappa shape index (κ2) is 5.98. The molecule has 2 aromatic heterocycles. The van der Waals surface area contributed by atoms with E-state index in [1.54, 1.807) is 12.1 Å². The van der Waals surface area contributed by atoms with Crippen molar-refractivity contribution < 1.29 is 17.9 Å². The molecule has 0 saturated heterocycles. The third kappa shape index (κ3) is 3.01. The first-order chi connectivity index (χ1) is 12.3. The first kappa shape index (κ1) is 16.8. The maximum absolute atomic E-state index is 13.1. The summed E-state index contributed by atoms with van der Waals surface area (Å²) in [6, 6.07) is 8.34. The van der Waals surface area contributed by atoms with E-state index in [-0.39, 0.29) is 33.7 Å². The summed E-state index contributed by atoms with van der Waals surface area (Å²) in [5, 5.41) is 0.400. The summed E-state index contributed by atoms with van der Waals surface area (Å²) in [4.78, 5) is 20.1. The van der Waals surface area contributed by atoms with Crippen molar-refractivity contribution in [3.8, 4) is 11.6 Å². The van der Waals surface area contributed by atoms with Gasteiger partial charge in [0, 0.05) is 0 Å². The van der Waals surface area contributed by atoms with Crippen LogP contribution in [0.3, 0.4) is 0 Å². The minimum atomic E-state index is -4.66. The highest BCUT2D eigenvalue weighted by atomic mass is 35.5. The van der Waals surface area contributed by atoms with Crippen molar-refractivity contribution in [2.75, 3.05) is 0 Å². The molecule has 1 aromatic carbocycles. The number of ether oxygens (including phenoxy) is 1. The molecule has 0 amide bonds. The van der Waals surface area contributed by atoms with Gasteiger partial charge in [-0.1, -0.05) is 23.7 Å². The van der Waals surface area contributed by atoms with Gasteiger partial charge in [0.05, 0.1) is 16.1 Å². The fraction of sp³-hybridized carbons (Fsp3) is 0.235. The number of halogens is 4. The molecule has 0 unspecified atom stereocenters. The number of hydrogen-bond acceptors (Lipinski definition) is 4. The zero-order valence-corrected chi connectivity index (χ0v) is 13.9. The lowest BCUT2D eigenvalue weighted by Crippen LogP contribution is -2.24. The lowest BCUT2D eigenvalue weighted by Gasteiger charge is -2.15. The molecule has 0 aliphatic heterocycles. The normalized spacial score (nSPS) is 14.6. The van der Waals surface area contributed by atoms with Crippen molar-refractivity contribution in [1.82, 2.24) is 14.5 Å². The number of alkyl halides is 3. The summed E-state index contributed by atoms with van der Waals surface area (Å²) in [7, 11) is 0. The number of nitrogens with zero attached hydrogens (tertiary/aromatic N) is 3. The number of hydrogen-bond donors (Lipinski definition) is 0. The Labute approximate surface area is 150 Å². The van der Waals surface area contributed by atoms with Gasteiger partial charge >= 0.3 is 11.9 Å². The standard InChI is InChI=1S/C17H11ClF3N3O2/c18-11-3-1-2-4-12(11)24-14-10(7-8-13(22-14)17(19,20)21)15(23-16(24)25)26-9-5-6-9/h1-4,7-9H,5-6H2. The maximum Gasteiger partial charge on any atom is 0.433 e. The summed E-state index contributed by atoms with van der Waals surface area (Å²) in [6.07, 6.45) is -3.12. The van der Waals surface area contributed by atoms with E-state index in [4.69, 9.17) is 16.3 Å². The second-order valence-electron chi connectivity index (χ2n) is 5.87. The van der Waals surface area contributed by atoms with E-state index in [1.807, 2.05) is 0 Å². The zero-order chi connectivity index (χ0) is 18.5. The van der Waals surface area contributed by atoms with Gasteiger partial charge in [-0.15, -0.1) is 0 Å². The van der Waals surface area contributed by atoms with Crippen molar-refractivity contribution in [2.24, 2.45) is 0 Å². The van der Waals surface area contributed by atoms with Crippen LogP contribution in [0.15, 0.2) is 41.2 Å². The lowest BCUT2D eigenvalue weighted by molar-refractivity contribution is -0.141. The van der Waals surface area contributed by atoms with E-state index >= 15 is 0 Å². The molecule has 0 atom stereocenters. The fourth-order valence-electron chi connectivity index (χ4n) is 2.52. The van der Waals surface area contributed by atoms with Crippen LogP contribution in [-0.2, 0) is 6.18 Å². The first-order valence-electron chi connectivity index (χ1n) is 7.77. The summed E-state index contributed by atoms with van der Waals surface area (Å²) in [6.45, 7) is 0. The Bertz CT molecular complexity index is 1060. The Morgan fingerprint density at radius 3 is 2.50 bits per heavy atom. The second-order valence-corrected chi connectivity index (χ2v) is 6.28. The molecule has 3 aromatic rings. The van der Waals surface area contributed by atoms with Gasteiger partial charge in [-0.2, -0.15) is 18.2 Å². The zero-order valence-electron chi connectivity index (χ0n) is 13.1. The van der Waals surface area contributed by atoms with Gasteiger partial charge in [-0.3, -0.25) is 0 Å². The van der Waals surface area contributed by atoms with Crippen LogP contribution in [0.2, 0.25) is 5.02 Å². The van der Waals surface area contributed by atoms with Crippen LogP contribution in [0.25, 0.3) is 16.7 Å². The number of benzene rings is 1. The van der Waals surface area contributed by atoms with Gasteiger partial charge in [0.25, 0.3) is 0 Å². The number of pyridine rings is 1. The quantitative estimate of drug-likeness (QED) is 0.688. The van der Waals surface area contributed by atoms with Gasteiger partial charge in [-0.05, 0) is 37.1 Å². The molecule has 4 rings (SSSR count). The Morgan fingerprint density at radius 2 is 1.85 bits per heavy atom. The third-order valence-corrected chi connectivity index (χ3v) is 4.21. The molecule has 5 nitrogen and oxygen atoms in total. The summed E-state index contributed by atoms with van der Waals surface area (Å²) < 4.78 is 45.9. The SMILES string of the molecule is O=c1nc(OC2CC2)c2ccc(C(F)(F)F)nc2n1-c1ccccc1Cl. The number of rotatable bonds is 3. The van der Waals surface area contributed by atoms with Gasteiger partial charge in [0.1, 0.15) is 11.8 Å². The fourth-order valence-corrected chi connectivity index (χ4v) is 2.74. The minimum Gasteiger partial charge on any atom is -0.474 e. The number of para-hydroxylation sites is 1. The van der Waals surface area contributed by atoms with Crippen LogP contribution in [-0.4, -0.2) is 20.6 Å². The van der Waals surface area contributed by atoms with Crippen LogP contribution in [0.5, 0.6) is 5.88 Å². The molecule has 1 saturated carbocycles. The highest BCUT2D eigenvalue weighted by molar-refractivity contribution is 6.32. The molecule has 0 bridgehead atoms. The molecule has 1 fully saturated rings. The maximum atomic E-state index is 13.1. The lowest BCUT2D eigenvalue weighted by atomic mass is 10.2. The average Bonchev–Trinajstić information content (AvgIpc) is 3.39. The molecular formula is C17H11ClF3N3O2. The summed E-state index contributed by atoms with van der Waals surface area (Å²) >= 11 is 6.13. The molecule has 134 valence electrons.